The summed E-state index contributed by atoms with van der Waals surface area (Å²) in [6.45, 7) is 0.235. The maximum atomic E-state index is 13.8. The summed E-state index contributed by atoms with van der Waals surface area (Å²) in [6, 6.07) is 10.9. The van der Waals surface area contributed by atoms with Crippen molar-refractivity contribution in [3.8, 4) is 6.07 Å². The summed E-state index contributed by atoms with van der Waals surface area (Å²) in [6.07, 6.45) is -4.40. The van der Waals surface area contributed by atoms with Crippen LogP contribution in [0.25, 0.3) is 0 Å². The lowest BCUT2D eigenvalue weighted by Gasteiger charge is -2.13. The molecule has 0 saturated carbocycles. The van der Waals surface area contributed by atoms with Gasteiger partial charge in [-0.2, -0.15) is 18.4 Å². The molecule has 0 saturated heterocycles. The summed E-state index contributed by atoms with van der Waals surface area (Å²) >= 11 is 0. The molecule has 2 N–H and O–H groups in total. The van der Waals surface area contributed by atoms with E-state index in [1.165, 1.54) is 25.2 Å². The predicted molar refractivity (Wildman–Crippen MR) is 105 cm³/mol. The molecule has 27 heavy (non-hydrogen) atoms. The molecule has 2 aromatic rings. The Bertz CT molecular complexity index is 844. The fourth-order valence-electron chi connectivity index (χ4n) is 2.20. The number of nitrogens with one attached hydrogen (secondary N) is 2. The molecular formula is C18H17F4IN4. The van der Waals surface area contributed by atoms with Crippen LogP contribution in [0.15, 0.2) is 47.5 Å². The first-order valence-electron chi connectivity index (χ1n) is 7.62. The smallest absolute Gasteiger partial charge is 0.352 e. The molecule has 2 rings (SSSR count). The Morgan fingerprint density at radius 2 is 1.81 bits per heavy atom. The SMILES string of the molecule is CN=C(NCc1cccc(C(F)(F)F)c1)NCc1ccc(C#N)cc1F.I. The third-order valence-electron chi connectivity index (χ3n) is 3.57. The van der Waals surface area contributed by atoms with Gasteiger partial charge in [0.25, 0.3) is 0 Å². The standard InChI is InChI=1S/C18H16F4N4.HI/c1-24-17(26-11-14-6-5-12(9-23)8-16(14)19)25-10-13-3-2-4-15(7-13)18(20,21)22;/h2-8H,10-11H2,1H3,(H2,24,25,26);1H. The van der Waals surface area contributed by atoms with Crippen LogP contribution < -0.4 is 10.6 Å². The van der Waals surface area contributed by atoms with Gasteiger partial charge in [0, 0.05) is 25.7 Å². The molecule has 0 aliphatic rings. The number of aliphatic imine (C=N–C) groups is 1. The summed E-state index contributed by atoms with van der Waals surface area (Å²) in [5.41, 5.74) is 0.274. The van der Waals surface area contributed by atoms with Crippen LogP contribution >= 0.6 is 24.0 Å². The first-order valence-corrected chi connectivity index (χ1v) is 7.62. The van der Waals surface area contributed by atoms with Crippen LogP contribution in [0.1, 0.15) is 22.3 Å². The molecule has 0 spiro atoms. The van der Waals surface area contributed by atoms with Gasteiger partial charge < -0.3 is 10.6 Å². The fourth-order valence-corrected chi connectivity index (χ4v) is 2.20. The van der Waals surface area contributed by atoms with E-state index in [0.29, 0.717) is 17.1 Å². The van der Waals surface area contributed by atoms with Crippen molar-refractivity contribution in [3.05, 3.63) is 70.5 Å². The second-order valence-electron chi connectivity index (χ2n) is 5.40. The van der Waals surface area contributed by atoms with E-state index in [0.717, 1.165) is 18.2 Å². The number of halogens is 5. The van der Waals surface area contributed by atoms with E-state index in [1.54, 1.807) is 6.07 Å². The minimum atomic E-state index is -4.40. The lowest BCUT2D eigenvalue weighted by atomic mass is 10.1. The normalized spacial score (nSPS) is 11.3. The number of hydrogen-bond acceptors (Lipinski definition) is 2. The first kappa shape index (κ1) is 22.7. The second kappa shape index (κ2) is 10.1. The van der Waals surface area contributed by atoms with Crippen LogP contribution in [-0.2, 0) is 19.3 Å². The van der Waals surface area contributed by atoms with Crippen molar-refractivity contribution in [2.24, 2.45) is 4.99 Å². The third kappa shape index (κ3) is 6.71. The van der Waals surface area contributed by atoms with E-state index in [-0.39, 0.29) is 42.6 Å². The van der Waals surface area contributed by atoms with Gasteiger partial charge in [0.2, 0.25) is 0 Å². The van der Waals surface area contributed by atoms with Crippen molar-refractivity contribution in [1.82, 2.24) is 10.6 Å². The minimum absolute atomic E-state index is 0. The molecule has 0 fully saturated rings. The summed E-state index contributed by atoms with van der Waals surface area (Å²) < 4.78 is 52.0. The monoisotopic (exact) mass is 492 g/mol. The molecule has 0 unspecified atom stereocenters. The molecule has 9 heteroatoms. The number of nitriles is 1. The Hall–Kier alpha value is -2.35. The van der Waals surface area contributed by atoms with Crippen LogP contribution in [-0.4, -0.2) is 13.0 Å². The number of hydrogen-bond donors (Lipinski definition) is 2. The highest BCUT2D eigenvalue weighted by Crippen LogP contribution is 2.29. The molecule has 0 radical (unpaired) electrons. The van der Waals surface area contributed by atoms with Crippen LogP contribution in [0.2, 0.25) is 0 Å². The van der Waals surface area contributed by atoms with E-state index in [2.05, 4.69) is 15.6 Å². The second-order valence-corrected chi connectivity index (χ2v) is 5.40. The molecule has 0 aliphatic heterocycles. The molecule has 2 aromatic carbocycles. The van der Waals surface area contributed by atoms with E-state index >= 15 is 0 Å². The van der Waals surface area contributed by atoms with E-state index in [4.69, 9.17) is 5.26 Å². The molecule has 0 heterocycles. The minimum Gasteiger partial charge on any atom is -0.352 e. The number of benzene rings is 2. The lowest BCUT2D eigenvalue weighted by Crippen LogP contribution is -2.36. The van der Waals surface area contributed by atoms with Crippen molar-refractivity contribution >= 4 is 29.9 Å². The van der Waals surface area contributed by atoms with E-state index in [9.17, 15) is 17.6 Å². The average Bonchev–Trinajstić information content (AvgIpc) is 2.62. The zero-order valence-corrected chi connectivity index (χ0v) is 16.6. The van der Waals surface area contributed by atoms with Crippen molar-refractivity contribution in [3.63, 3.8) is 0 Å². The van der Waals surface area contributed by atoms with Crippen LogP contribution in [0.3, 0.4) is 0 Å². The molecule has 0 amide bonds. The quantitative estimate of drug-likeness (QED) is 0.291. The number of nitrogens with zero attached hydrogens (tertiary/aromatic N) is 2. The summed E-state index contributed by atoms with van der Waals surface area (Å²) in [4.78, 5) is 3.95. The molecule has 0 aliphatic carbocycles. The zero-order valence-electron chi connectivity index (χ0n) is 14.3. The Morgan fingerprint density at radius 3 is 2.41 bits per heavy atom. The van der Waals surface area contributed by atoms with Gasteiger partial charge in [-0.05, 0) is 29.8 Å². The number of guanidine groups is 1. The Balaban J connectivity index is 0.00000364. The Morgan fingerprint density at radius 1 is 1.11 bits per heavy atom. The highest BCUT2D eigenvalue weighted by Gasteiger charge is 2.30. The first-order chi connectivity index (χ1) is 12.3. The number of alkyl halides is 3. The molecule has 0 aromatic heterocycles. The topological polar surface area (TPSA) is 60.2 Å². The van der Waals surface area contributed by atoms with Gasteiger partial charge in [-0.1, -0.05) is 18.2 Å². The van der Waals surface area contributed by atoms with Gasteiger partial charge in [0.05, 0.1) is 17.2 Å². The van der Waals surface area contributed by atoms with Crippen molar-refractivity contribution < 1.29 is 17.6 Å². The van der Waals surface area contributed by atoms with Gasteiger partial charge in [-0.15, -0.1) is 24.0 Å². The summed E-state index contributed by atoms with van der Waals surface area (Å²) in [5, 5.41) is 14.5. The van der Waals surface area contributed by atoms with E-state index < -0.39 is 17.6 Å². The van der Waals surface area contributed by atoms with Crippen molar-refractivity contribution in [2.45, 2.75) is 19.3 Å². The van der Waals surface area contributed by atoms with Gasteiger partial charge in [-0.25, -0.2) is 4.39 Å². The van der Waals surface area contributed by atoms with Crippen molar-refractivity contribution in [1.29, 1.82) is 5.26 Å². The molecule has 4 nitrogen and oxygen atoms in total. The van der Waals surface area contributed by atoms with Gasteiger partial charge >= 0.3 is 6.18 Å². The van der Waals surface area contributed by atoms with Crippen LogP contribution in [0, 0.1) is 17.1 Å². The average molecular weight is 492 g/mol. The van der Waals surface area contributed by atoms with Gasteiger partial charge in [-0.3, -0.25) is 4.99 Å². The lowest BCUT2D eigenvalue weighted by molar-refractivity contribution is -0.137. The Labute approximate surface area is 171 Å². The number of rotatable bonds is 4. The molecule has 0 bridgehead atoms. The van der Waals surface area contributed by atoms with E-state index in [1.807, 2.05) is 6.07 Å². The maximum Gasteiger partial charge on any atom is 0.416 e. The predicted octanol–water partition coefficient (Wildman–Crippen LogP) is 4.20. The van der Waals surface area contributed by atoms with Gasteiger partial charge in [0.1, 0.15) is 5.82 Å². The third-order valence-corrected chi connectivity index (χ3v) is 3.57. The highest BCUT2D eigenvalue weighted by atomic mass is 127. The van der Waals surface area contributed by atoms with Gasteiger partial charge in [0.15, 0.2) is 5.96 Å². The van der Waals surface area contributed by atoms with Crippen LogP contribution in [0.4, 0.5) is 17.6 Å². The largest absolute Gasteiger partial charge is 0.416 e. The van der Waals surface area contributed by atoms with Crippen LogP contribution in [0.5, 0.6) is 0 Å². The maximum absolute atomic E-state index is 13.8. The Kier molecular flexibility index (Phi) is 8.49. The summed E-state index contributed by atoms with van der Waals surface area (Å²) in [5.74, 6) is -0.212. The van der Waals surface area contributed by atoms with Crippen molar-refractivity contribution in [2.75, 3.05) is 7.05 Å². The zero-order chi connectivity index (χ0) is 19.2. The fraction of sp³-hybridized carbons (Fsp3) is 0.222. The summed E-state index contributed by atoms with van der Waals surface area (Å²) in [7, 11) is 1.50. The molecule has 144 valence electrons. The molecule has 0 atom stereocenters. The highest BCUT2D eigenvalue weighted by molar-refractivity contribution is 14.0. The molecular weight excluding hydrogens is 475 g/mol.